The molecule has 6 aromatic rings. The second-order valence-electron chi connectivity index (χ2n) is 9.28. The smallest absolute Gasteiger partial charge is 0.255 e. The van der Waals surface area contributed by atoms with Gasteiger partial charge in [-0.25, -0.2) is 0 Å². The van der Waals surface area contributed by atoms with Crippen molar-refractivity contribution >= 4 is 56.8 Å². The third-order valence-corrected chi connectivity index (χ3v) is 8.61. The van der Waals surface area contributed by atoms with Crippen molar-refractivity contribution in [2.45, 2.75) is 6.42 Å². The van der Waals surface area contributed by atoms with E-state index in [0.717, 1.165) is 28.4 Å². The van der Waals surface area contributed by atoms with Gasteiger partial charge >= 0.3 is 0 Å². The van der Waals surface area contributed by atoms with Gasteiger partial charge in [-0.3, -0.25) is 0 Å². The molecule has 1 heterocycles. The summed E-state index contributed by atoms with van der Waals surface area (Å²) in [6, 6.07) is 34.2. The topological polar surface area (TPSA) is 29.5 Å². The molecule has 1 aliphatic carbocycles. The summed E-state index contributed by atoms with van der Waals surface area (Å²) < 4.78 is 13.8. The van der Waals surface area contributed by atoms with E-state index in [1.165, 1.54) is 43.7 Å². The summed E-state index contributed by atoms with van der Waals surface area (Å²) in [7, 11) is 2.81. The maximum Gasteiger partial charge on any atom is 0.255 e. The minimum Gasteiger partial charge on any atom is -0.416 e. The molecule has 0 N–H and O–H groups in total. The van der Waals surface area contributed by atoms with Gasteiger partial charge in [-0.05, 0) is 44.8 Å². The molecular weight excluding hydrogens is 449 g/mol. The Hall–Kier alpha value is -3.94. The fourth-order valence-electron chi connectivity index (χ4n) is 5.36. The molecule has 0 saturated heterocycles. The normalized spacial score (nSPS) is 13.2. The fraction of sp³-hybridized carbons (Fsp3) is 0.0968. The quantitative estimate of drug-likeness (QED) is 0.251. The molecule has 0 bridgehead atoms. The Balaban J connectivity index is 1.71. The van der Waals surface area contributed by atoms with Crippen molar-refractivity contribution in [3.05, 3.63) is 114 Å². The van der Waals surface area contributed by atoms with Crippen molar-refractivity contribution in [2.24, 2.45) is 0 Å². The van der Waals surface area contributed by atoms with Crippen molar-refractivity contribution in [1.82, 2.24) is 4.90 Å². The number of allylic oxidation sites excluding steroid dienone is 1. The van der Waals surface area contributed by atoms with Gasteiger partial charge < -0.3 is 13.3 Å². The highest BCUT2D eigenvalue weighted by atomic mass is 31.1. The first-order chi connectivity index (χ1) is 17.2. The van der Waals surface area contributed by atoms with E-state index in [9.17, 15) is 0 Å². The standard InChI is InChI=1S/C31H24NO2P/c1-32(2)26-19-22-11-5-8-14-25(22)31(26)35-33-27-17-15-20-9-3-6-12-23(20)29(27)30-24-13-7-4-10-21(24)16-18-28(30)34-35/h3-18H,19H2,1-2H3. The van der Waals surface area contributed by atoms with E-state index in [-0.39, 0.29) is 0 Å². The van der Waals surface area contributed by atoms with Gasteiger partial charge in [-0.2, -0.15) is 0 Å². The Morgan fingerprint density at radius 2 is 1.17 bits per heavy atom. The van der Waals surface area contributed by atoms with Crippen molar-refractivity contribution in [1.29, 1.82) is 0 Å². The minimum atomic E-state index is -1.40. The van der Waals surface area contributed by atoms with Crippen LogP contribution in [0, 0.1) is 0 Å². The van der Waals surface area contributed by atoms with Crippen LogP contribution >= 0.6 is 8.01 Å². The Bertz CT molecular complexity index is 1770. The molecule has 0 radical (unpaired) electrons. The number of rotatable bonds is 2. The fourth-order valence-corrected chi connectivity index (χ4v) is 7.14. The third-order valence-electron chi connectivity index (χ3n) is 7.02. The Labute approximate surface area is 204 Å². The van der Waals surface area contributed by atoms with Gasteiger partial charge in [0.1, 0.15) is 11.2 Å². The molecule has 4 heteroatoms. The van der Waals surface area contributed by atoms with Gasteiger partial charge in [-0.1, -0.05) is 84.9 Å². The van der Waals surface area contributed by atoms with E-state index >= 15 is 0 Å². The maximum atomic E-state index is 6.88. The molecule has 0 atom stereocenters. The van der Waals surface area contributed by atoms with Gasteiger partial charge in [0.25, 0.3) is 8.01 Å². The molecule has 3 nitrogen and oxygen atoms in total. The number of fused-ring (bicyclic) bond motifs is 8. The predicted octanol–water partition coefficient (Wildman–Crippen LogP) is 8.93. The van der Waals surface area contributed by atoms with E-state index in [4.69, 9.17) is 8.39 Å². The van der Waals surface area contributed by atoms with Gasteiger partial charge in [0.05, 0.1) is 5.31 Å². The summed E-state index contributed by atoms with van der Waals surface area (Å²) in [5.74, 6) is 0. The van der Waals surface area contributed by atoms with E-state index < -0.39 is 8.01 Å². The van der Waals surface area contributed by atoms with Crippen molar-refractivity contribution < 1.29 is 8.39 Å². The zero-order chi connectivity index (χ0) is 23.5. The summed E-state index contributed by atoms with van der Waals surface area (Å²) >= 11 is 0. The molecule has 35 heavy (non-hydrogen) atoms. The second kappa shape index (κ2) is 7.80. The minimum absolute atomic E-state index is 0.875. The number of nitrogens with zero attached hydrogens (tertiary/aromatic N) is 1. The lowest BCUT2D eigenvalue weighted by Crippen LogP contribution is -2.11. The molecule has 170 valence electrons. The van der Waals surface area contributed by atoms with Crippen LogP contribution in [0.15, 0.2) is 111 Å². The van der Waals surface area contributed by atoms with Crippen LogP contribution in [-0.2, 0) is 6.42 Å². The second-order valence-corrected chi connectivity index (χ2v) is 10.6. The first kappa shape index (κ1) is 20.4. The van der Waals surface area contributed by atoms with Crippen LogP contribution in [0.3, 0.4) is 0 Å². The molecule has 0 unspecified atom stereocenters. The monoisotopic (exact) mass is 473 g/mol. The van der Waals surface area contributed by atoms with Crippen molar-refractivity contribution in [2.75, 3.05) is 14.1 Å². The highest BCUT2D eigenvalue weighted by Gasteiger charge is 2.27. The van der Waals surface area contributed by atoms with Crippen LogP contribution in [0.5, 0.6) is 0 Å². The molecule has 1 aliphatic rings. The van der Waals surface area contributed by atoms with Crippen LogP contribution in [-0.4, -0.2) is 19.0 Å². The highest BCUT2D eigenvalue weighted by molar-refractivity contribution is 7.50. The summed E-state index contributed by atoms with van der Waals surface area (Å²) in [6.45, 7) is 0. The molecule has 7 rings (SSSR count). The zero-order valence-electron chi connectivity index (χ0n) is 19.7. The Morgan fingerprint density at radius 1 is 0.629 bits per heavy atom. The molecule has 5 aromatic carbocycles. The van der Waals surface area contributed by atoms with E-state index in [1.54, 1.807) is 0 Å². The molecule has 0 aliphatic heterocycles. The molecule has 0 saturated carbocycles. The van der Waals surface area contributed by atoms with Crippen molar-refractivity contribution in [3.63, 3.8) is 0 Å². The first-order valence-electron chi connectivity index (χ1n) is 11.9. The van der Waals surface area contributed by atoms with Gasteiger partial charge in [0.2, 0.25) is 0 Å². The van der Waals surface area contributed by atoms with Crippen LogP contribution in [0.1, 0.15) is 11.1 Å². The van der Waals surface area contributed by atoms with E-state index in [2.05, 4.69) is 116 Å². The molecule has 0 amide bonds. The predicted molar refractivity (Wildman–Crippen MR) is 147 cm³/mol. The molecule has 0 fully saturated rings. The molecular formula is C31H24NO2P. The number of benzene rings is 5. The van der Waals surface area contributed by atoms with Crippen LogP contribution in [0.25, 0.3) is 48.8 Å². The zero-order valence-corrected chi connectivity index (χ0v) is 20.6. The lowest BCUT2D eigenvalue weighted by molar-refractivity contribution is 0.505. The summed E-state index contributed by atoms with van der Waals surface area (Å²) in [4.78, 5) is 2.21. The van der Waals surface area contributed by atoms with Gasteiger partial charge in [0.15, 0.2) is 0 Å². The summed E-state index contributed by atoms with van der Waals surface area (Å²) in [6.07, 6.45) is 0.888. The van der Waals surface area contributed by atoms with Gasteiger partial charge in [-0.15, -0.1) is 0 Å². The summed E-state index contributed by atoms with van der Waals surface area (Å²) in [5.41, 5.74) is 5.56. The lowest BCUT2D eigenvalue weighted by atomic mass is 9.99. The molecule has 0 spiro atoms. The number of hydrogen-bond donors (Lipinski definition) is 0. The van der Waals surface area contributed by atoms with Crippen LogP contribution in [0.4, 0.5) is 0 Å². The summed E-state index contributed by atoms with van der Waals surface area (Å²) in [5, 5.41) is 8.13. The maximum absolute atomic E-state index is 6.88. The van der Waals surface area contributed by atoms with E-state index in [0.29, 0.717) is 0 Å². The third kappa shape index (κ3) is 3.12. The molecule has 1 aromatic heterocycles. The largest absolute Gasteiger partial charge is 0.416 e. The van der Waals surface area contributed by atoms with Crippen LogP contribution < -0.4 is 0 Å². The first-order valence-corrected chi connectivity index (χ1v) is 13.1. The Kier molecular flexibility index (Phi) is 4.55. The average Bonchev–Trinajstić information content (AvgIpc) is 3.19. The Morgan fingerprint density at radius 3 is 1.77 bits per heavy atom. The highest BCUT2D eigenvalue weighted by Crippen LogP contribution is 2.53. The van der Waals surface area contributed by atoms with Crippen molar-refractivity contribution in [3.8, 4) is 0 Å². The number of hydrogen-bond acceptors (Lipinski definition) is 3. The SMILES string of the molecule is CN(C)C1=C(p2oc3ccc4ccccc4c3c3c(ccc4ccccc43)o2)c2ccccc2C1. The lowest BCUT2D eigenvalue weighted by Gasteiger charge is -2.15. The van der Waals surface area contributed by atoms with Gasteiger partial charge in [0, 0.05) is 37.0 Å². The average molecular weight is 474 g/mol. The number of likely N-dealkylation sites (N-methyl/N-ethyl adjacent to an activating group) is 1. The van der Waals surface area contributed by atoms with E-state index in [1.807, 2.05) is 0 Å². The van der Waals surface area contributed by atoms with Crippen LogP contribution in [0.2, 0.25) is 0 Å².